The van der Waals surface area contributed by atoms with Crippen molar-refractivity contribution >= 4 is 61.5 Å². The summed E-state index contributed by atoms with van der Waals surface area (Å²) in [4.78, 5) is 9.17. The van der Waals surface area contributed by atoms with Crippen LogP contribution in [0.15, 0.2) is 65.6 Å². The van der Waals surface area contributed by atoms with E-state index in [4.69, 9.17) is 0 Å². The third-order valence-corrected chi connectivity index (χ3v) is 5.04. The Morgan fingerprint density at radius 1 is 0.885 bits per heavy atom. The molecule has 4 aromatic rings. The van der Waals surface area contributed by atoms with Gasteiger partial charge in [-0.25, -0.2) is 9.97 Å². The van der Waals surface area contributed by atoms with Gasteiger partial charge in [-0.15, -0.1) is 0 Å². The van der Waals surface area contributed by atoms with Gasteiger partial charge in [0.1, 0.15) is 4.90 Å². The molecule has 0 fully saturated rings. The molecule has 26 heavy (non-hydrogen) atoms. The summed E-state index contributed by atoms with van der Waals surface area (Å²) in [6, 6.07) is 17.9. The van der Waals surface area contributed by atoms with Crippen LogP contribution in [0, 0.1) is 6.92 Å². The van der Waals surface area contributed by atoms with Crippen LogP contribution in [-0.2, 0) is 10.1 Å². The van der Waals surface area contributed by atoms with E-state index in [2.05, 4.69) is 9.97 Å². The first-order valence-corrected chi connectivity index (χ1v) is 9.11. The molecule has 0 aliphatic rings. The minimum absolute atomic E-state index is 0. The summed E-state index contributed by atoms with van der Waals surface area (Å²) in [5.41, 5.74) is 3.74. The maximum absolute atomic E-state index is 11.6. The number of aromatic nitrogens is 2. The molecule has 0 atom stereocenters. The first-order valence-electron chi connectivity index (χ1n) is 7.67. The summed E-state index contributed by atoms with van der Waals surface area (Å²) in [5, 5.41) is 1.11. The minimum atomic E-state index is -4.32. The van der Waals surface area contributed by atoms with Crippen molar-refractivity contribution in [1.29, 1.82) is 0 Å². The first kappa shape index (κ1) is 18.9. The van der Waals surface area contributed by atoms with E-state index in [0.29, 0.717) is 21.8 Å². The van der Waals surface area contributed by atoms with Gasteiger partial charge < -0.3 is 0 Å². The van der Waals surface area contributed by atoms with Crippen molar-refractivity contribution < 1.29 is 13.0 Å². The summed E-state index contributed by atoms with van der Waals surface area (Å²) in [7, 11) is -4.32. The summed E-state index contributed by atoms with van der Waals surface area (Å²) in [5.74, 6) is 0. The summed E-state index contributed by atoms with van der Waals surface area (Å²) in [6.45, 7) is 1.90. The molecule has 1 radical (unpaired) electrons. The zero-order valence-electron chi connectivity index (χ0n) is 14.3. The van der Waals surface area contributed by atoms with Crippen LogP contribution in [0.3, 0.4) is 0 Å². The predicted molar refractivity (Wildman–Crippen MR) is 103 cm³/mol. The normalized spacial score (nSPS) is 11.5. The molecule has 7 heteroatoms. The van der Waals surface area contributed by atoms with Gasteiger partial charge in [0.05, 0.1) is 22.4 Å². The number of fused-ring (bicyclic) bond motifs is 2. The van der Waals surface area contributed by atoms with Crippen LogP contribution in [0.2, 0.25) is 0 Å². The largest absolute Gasteiger partial charge is 0.295 e. The van der Waals surface area contributed by atoms with Crippen molar-refractivity contribution in [3.63, 3.8) is 0 Å². The number of hydrogen-bond donors (Lipinski definition) is 1. The molecule has 0 saturated heterocycles. The van der Waals surface area contributed by atoms with Gasteiger partial charge in [-0.1, -0.05) is 42.5 Å². The van der Waals surface area contributed by atoms with E-state index in [1.165, 1.54) is 6.07 Å². The molecule has 125 valence electrons. The molecule has 1 N–H and O–H groups in total. The fourth-order valence-electron chi connectivity index (χ4n) is 2.98. The van der Waals surface area contributed by atoms with E-state index in [9.17, 15) is 13.0 Å². The molecule has 0 amide bonds. The molecule has 0 aliphatic carbocycles. The summed E-state index contributed by atoms with van der Waals surface area (Å²) in [6.07, 6.45) is 0. The van der Waals surface area contributed by atoms with E-state index in [-0.39, 0.29) is 34.5 Å². The van der Waals surface area contributed by atoms with Crippen molar-refractivity contribution in [2.24, 2.45) is 0 Å². The van der Waals surface area contributed by atoms with Crippen LogP contribution in [0.5, 0.6) is 0 Å². The molecule has 0 spiro atoms. The SMILES string of the molecule is Cc1nc2cc3cccc(S(=O)(=O)O)c3cc2nc1-c1ccccc1.[Na]. The van der Waals surface area contributed by atoms with E-state index in [1.54, 1.807) is 24.3 Å². The molecule has 1 aromatic heterocycles. The van der Waals surface area contributed by atoms with Gasteiger partial charge in [0, 0.05) is 40.5 Å². The Hall–Kier alpha value is -1.83. The van der Waals surface area contributed by atoms with E-state index in [1.807, 2.05) is 37.3 Å². The second-order valence-electron chi connectivity index (χ2n) is 5.82. The Morgan fingerprint density at radius 2 is 1.58 bits per heavy atom. The van der Waals surface area contributed by atoms with Crippen LogP contribution >= 0.6 is 0 Å². The number of hydrogen-bond acceptors (Lipinski definition) is 4. The van der Waals surface area contributed by atoms with Crippen molar-refractivity contribution in [3.8, 4) is 11.3 Å². The van der Waals surface area contributed by atoms with Gasteiger partial charge in [-0.3, -0.25) is 4.55 Å². The van der Waals surface area contributed by atoms with Crippen molar-refractivity contribution in [3.05, 3.63) is 66.4 Å². The second-order valence-corrected chi connectivity index (χ2v) is 7.21. The van der Waals surface area contributed by atoms with E-state index >= 15 is 0 Å². The van der Waals surface area contributed by atoms with Gasteiger partial charge >= 0.3 is 0 Å². The Labute approximate surface area is 173 Å². The second kappa shape index (κ2) is 7.06. The standard InChI is InChI=1S/C19H14N2O3S.Na/c1-12-19(13-6-3-2-4-7-13)21-17-11-15-14(10-16(17)20-12)8-5-9-18(15)25(22,23)24;/h2-11H,1H3,(H,22,23,24);. The van der Waals surface area contributed by atoms with Gasteiger partial charge in [0.25, 0.3) is 10.1 Å². The number of benzene rings is 3. The Kier molecular flexibility index (Phi) is 5.14. The van der Waals surface area contributed by atoms with Crippen molar-refractivity contribution in [1.82, 2.24) is 9.97 Å². The molecule has 0 bridgehead atoms. The fraction of sp³-hybridized carbons (Fsp3) is 0.0526. The number of aryl methyl sites for hydroxylation is 1. The van der Waals surface area contributed by atoms with Gasteiger partial charge in [0.15, 0.2) is 0 Å². The van der Waals surface area contributed by atoms with Crippen LogP contribution in [0.1, 0.15) is 5.69 Å². The molecule has 1 heterocycles. The quantitative estimate of drug-likeness (QED) is 0.330. The van der Waals surface area contributed by atoms with E-state index in [0.717, 1.165) is 17.0 Å². The van der Waals surface area contributed by atoms with Crippen molar-refractivity contribution in [2.75, 3.05) is 0 Å². The first-order chi connectivity index (χ1) is 11.9. The van der Waals surface area contributed by atoms with Gasteiger partial charge in [0.2, 0.25) is 0 Å². The summed E-state index contributed by atoms with van der Waals surface area (Å²) >= 11 is 0. The molecule has 0 unspecified atom stereocenters. The summed E-state index contributed by atoms with van der Waals surface area (Å²) < 4.78 is 32.8. The monoisotopic (exact) mass is 373 g/mol. The van der Waals surface area contributed by atoms with Crippen LogP contribution < -0.4 is 0 Å². The Balaban J connectivity index is 0.00000196. The zero-order chi connectivity index (χ0) is 17.6. The number of rotatable bonds is 2. The fourth-order valence-corrected chi connectivity index (χ4v) is 3.69. The van der Waals surface area contributed by atoms with Crippen LogP contribution in [-0.4, -0.2) is 52.5 Å². The maximum atomic E-state index is 11.6. The molecule has 3 aromatic carbocycles. The van der Waals surface area contributed by atoms with Crippen LogP contribution in [0.4, 0.5) is 0 Å². The Bertz CT molecular complexity index is 1230. The van der Waals surface area contributed by atoms with Crippen LogP contribution in [0.25, 0.3) is 33.1 Å². The molecule has 4 rings (SSSR count). The molecule has 0 aliphatic heterocycles. The topological polar surface area (TPSA) is 80.2 Å². The molecular weight excluding hydrogens is 359 g/mol. The van der Waals surface area contributed by atoms with Gasteiger partial charge in [-0.05, 0) is 30.5 Å². The smallest absolute Gasteiger partial charge is 0.282 e. The van der Waals surface area contributed by atoms with Gasteiger partial charge in [-0.2, -0.15) is 8.42 Å². The minimum Gasteiger partial charge on any atom is -0.282 e. The third-order valence-electron chi connectivity index (χ3n) is 4.12. The average molecular weight is 373 g/mol. The van der Waals surface area contributed by atoms with E-state index < -0.39 is 10.1 Å². The van der Waals surface area contributed by atoms with Crippen molar-refractivity contribution in [2.45, 2.75) is 11.8 Å². The predicted octanol–water partition coefficient (Wildman–Crippen LogP) is 3.62. The molecular formula is C19H14N2NaO3S. The average Bonchev–Trinajstić information content (AvgIpc) is 2.59. The third kappa shape index (κ3) is 3.39. The zero-order valence-corrected chi connectivity index (χ0v) is 17.2. The molecule has 5 nitrogen and oxygen atoms in total. The maximum Gasteiger partial charge on any atom is 0.295 e. The number of nitrogens with zero attached hydrogens (tertiary/aromatic N) is 2. The molecule has 0 saturated carbocycles. The Morgan fingerprint density at radius 3 is 2.27 bits per heavy atom.